The maximum absolute atomic E-state index is 13.6. The van der Waals surface area contributed by atoms with Gasteiger partial charge in [-0.15, -0.1) is 0 Å². The quantitative estimate of drug-likeness (QED) is 0.242. The van der Waals surface area contributed by atoms with Crippen LogP contribution < -0.4 is 4.74 Å². The Hall–Kier alpha value is -4.34. The van der Waals surface area contributed by atoms with Crippen LogP contribution in [-0.4, -0.2) is 48.8 Å². The predicted molar refractivity (Wildman–Crippen MR) is 168 cm³/mol. The number of pyridine rings is 1. The number of halogens is 3. The zero-order valence-electron chi connectivity index (χ0n) is 27.2. The van der Waals surface area contributed by atoms with E-state index in [0.29, 0.717) is 34.6 Å². The van der Waals surface area contributed by atoms with Crippen LogP contribution >= 0.6 is 0 Å². The van der Waals surface area contributed by atoms with E-state index in [1.54, 1.807) is 43.3 Å². The molecule has 5 rings (SSSR count). The number of hydrogen-bond acceptors (Lipinski definition) is 6. The van der Waals surface area contributed by atoms with E-state index in [-0.39, 0.29) is 12.0 Å². The van der Waals surface area contributed by atoms with Gasteiger partial charge in [-0.25, -0.2) is 9.59 Å². The first-order chi connectivity index (χ1) is 21.6. The molecule has 1 fully saturated rings. The molecule has 0 saturated carbocycles. The lowest BCUT2D eigenvalue weighted by atomic mass is 9.72. The summed E-state index contributed by atoms with van der Waals surface area (Å²) >= 11 is 0. The number of benzene rings is 2. The SMILES string of the molecule is COC(=O)c1ccc(-c2cc(C3=C(CN4C(=O)O[C@H](c5cc(C)cc(C(F)(F)F)c5)[C@@H]4C)CC(C)(C)CC3)c(OC)cn2)c(C)c1. The molecule has 0 bridgehead atoms. The maximum Gasteiger partial charge on any atom is 0.416 e. The minimum absolute atomic E-state index is 0.0351. The summed E-state index contributed by atoms with van der Waals surface area (Å²) in [7, 11) is 2.93. The fourth-order valence-corrected chi connectivity index (χ4v) is 6.58. The van der Waals surface area contributed by atoms with Gasteiger partial charge in [0.2, 0.25) is 0 Å². The van der Waals surface area contributed by atoms with Crippen LogP contribution in [0.2, 0.25) is 0 Å². The summed E-state index contributed by atoms with van der Waals surface area (Å²) in [6.07, 6.45) is -1.88. The maximum atomic E-state index is 13.6. The van der Waals surface area contributed by atoms with Gasteiger partial charge < -0.3 is 14.2 Å². The van der Waals surface area contributed by atoms with Crippen molar-refractivity contribution < 1.29 is 37.0 Å². The molecule has 3 aromatic rings. The Balaban J connectivity index is 1.53. The minimum Gasteiger partial charge on any atom is -0.495 e. The van der Waals surface area contributed by atoms with Crippen LogP contribution in [0, 0.1) is 19.3 Å². The number of carbonyl (C=O) groups excluding carboxylic acids is 2. The van der Waals surface area contributed by atoms with Crippen LogP contribution in [0.15, 0.2) is 54.2 Å². The van der Waals surface area contributed by atoms with Crippen LogP contribution in [0.5, 0.6) is 5.75 Å². The highest BCUT2D eigenvalue weighted by molar-refractivity contribution is 5.90. The van der Waals surface area contributed by atoms with Crippen molar-refractivity contribution in [3.05, 3.63) is 87.6 Å². The Labute approximate surface area is 267 Å². The van der Waals surface area contributed by atoms with Gasteiger partial charge in [-0.1, -0.05) is 31.5 Å². The molecule has 7 nitrogen and oxygen atoms in total. The average Bonchev–Trinajstić information content (AvgIpc) is 3.27. The van der Waals surface area contributed by atoms with Gasteiger partial charge in [0.05, 0.1) is 43.3 Å². The van der Waals surface area contributed by atoms with Crippen LogP contribution in [0.25, 0.3) is 16.8 Å². The highest BCUT2D eigenvalue weighted by Crippen LogP contribution is 2.46. The van der Waals surface area contributed by atoms with E-state index in [2.05, 4.69) is 18.8 Å². The van der Waals surface area contributed by atoms with Crippen molar-refractivity contribution >= 4 is 17.6 Å². The van der Waals surface area contributed by atoms with E-state index >= 15 is 0 Å². The molecular formula is C36H39F3N2O5. The number of carbonyl (C=O) groups is 2. The van der Waals surface area contributed by atoms with Gasteiger partial charge in [-0.2, -0.15) is 13.2 Å². The third-order valence-electron chi connectivity index (χ3n) is 9.02. The molecule has 244 valence electrons. The van der Waals surface area contributed by atoms with E-state index in [9.17, 15) is 22.8 Å². The van der Waals surface area contributed by atoms with E-state index in [1.807, 2.05) is 26.0 Å². The smallest absolute Gasteiger partial charge is 0.416 e. The van der Waals surface area contributed by atoms with Gasteiger partial charge >= 0.3 is 18.2 Å². The number of aromatic nitrogens is 1. The first-order valence-electron chi connectivity index (χ1n) is 15.2. The van der Waals surface area contributed by atoms with Crippen LogP contribution in [-0.2, 0) is 15.7 Å². The predicted octanol–water partition coefficient (Wildman–Crippen LogP) is 8.73. The highest BCUT2D eigenvalue weighted by atomic mass is 19.4. The van der Waals surface area contributed by atoms with Crippen molar-refractivity contribution in [2.75, 3.05) is 20.8 Å². The molecule has 10 heteroatoms. The number of cyclic esters (lactones) is 1. The van der Waals surface area contributed by atoms with Gasteiger partial charge in [0, 0.05) is 17.7 Å². The lowest BCUT2D eigenvalue weighted by Gasteiger charge is -2.36. The number of hydrogen-bond donors (Lipinski definition) is 0. The number of amides is 1. The van der Waals surface area contributed by atoms with Crippen LogP contribution in [0.3, 0.4) is 0 Å². The van der Waals surface area contributed by atoms with Gasteiger partial charge in [-0.3, -0.25) is 9.88 Å². The van der Waals surface area contributed by atoms with Gasteiger partial charge in [0.1, 0.15) is 11.9 Å². The minimum atomic E-state index is -4.51. The van der Waals surface area contributed by atoms with E-state index in [0.717, 1.165) is 52.8 Å². The molecule has 1 aliphatic carbocycles. The third-order valence-corrected chi connectivity index (χ3v) is 9.02. The normalized spacial score (nSPS) is 19.7. The molecule has 0 unspecified atom stereocenters. The van der Waals surface area contributed by atoms with Crippen LogP contribution in [0.4, 0.5) is 18.0 Å². The molecule has 46 heavy (non-hydrogen) atoms. The molecule has 0 spiro atoms. The summed E-state index contributed by atoms with van der Waals surface area (Å²) in [5.41, 5.74) is 5.77. The number of aryl methyl sites for hydroxylation is 2. The van der Waals surface area contributed by atoms with Gasteiger partial charge in [0.25, 0.3) is 0 Å². The fourth-order valence-electron chi connectivity index (χ4n) is 6.58. The molecule has 0 N–H and O–H groups in total. The summed E-state index contributed by atoms with van der Waals surface area (Å²) in [5, 5.41) is 0. The summed E-state index contributed by atoms with van der Waals surface area (Å²) < 4.78 is 57.2. The monoisotopic (exact) mass is 636 g/mol. The number of esters is 1. The van der Waals surface area contributed by atoms with Crippen molar-refractivity contribution in [2.24, 2.45) is 5.41 Å². The summed E-state index contributed by atoms with van der Waals surface area (Å²) in [6.45, 7) is 9.96. The van der Waals surface area contributed by atoms with Crippen molar-refractivity contribution in [2.45, 2.75) is 72.2 Å². The molecule has 1 aliphatic heterocycles. The molecule has 2 aromatic carbocycles. The first-order valence-corrected chi connectivity index (χ1v) is 15.2. The zero-order valence-corrected chi connectivity index (χ0v) is 27.2. The Morgan fingerprint density at radius 1 is 1.09 bits per heavy atom. The molecule has 1 aromatic heterocycles. The molecular weight excluding hydrogens is 597 g/mol. The van der Waals surface area contributed by atoms with Crippen LogP contribution in [0.1, 0.15) is 84.3 Å². The van der Waals surface area contributed by atoms with E-state index < -0.39 is 35.9 Å². The second kappa shape index (κ2) is 12.5. The lowest BCUT2D eigenvalue weighted by molar-refractivity contribution is -0.137. The zero-order chi connectivity index (χ0) is 33.6. The Kier molecular flexibility index (Phi) is 8.94. The first kappa shape index (κ1) is 33.0. The Bertz CT molecular complexity index is 1710. The lowest BCUT2D eigenvalue weighted by Crippen LogP contribution is -2.35. The largest absolute Gasteiger partial charge is 0.495 e. The molecule has 0 radical (unpaired) electrons. The number of alkyl halides is 3. The second-order valence-corrected chi connectivity index (χ2v) is 13.0. The molecule has 2 atom stereocenters. The summed E-state index contributed by atoms with van der Waals surface area (Å²) in [4.78, 5) is 31.6. The topological polar surface area (TPSA) is 78.0 Å². The van der Waals surface area contributed by atoms with Crippen molar-refractivity contribution in [3.63, 3.8) is 0 Å². The standard InChI is InChI=1S/C36H39F3N2O5/c1-20-12-24(15-26(13-20)36(37,38)39)32-22(3)41(34(43)46-32)19-25-17-35(4,5)11-10-28(25)29-16-30(40-18-31(29)44-6)27-9-8-23(14-21(27)2)33(42)45-7/h8-9,12-16,18,22,32H,10-11,17,19H2,1-7H3/t22-,32-/m0/s1. The average molecular weight is 637 g/mol. The van der Waals surface area contributed by atoms with Gasteiger partial charge in [0.15, 0.2) is 0 Å². The number of methoxy groups -OCH3 is 2. The number of allylic oxidation sites excluding steroid dienone is 1. The molecule has 1 saturated heterocycles. The molecule has 2 aliphatic rings. The number of rotatable bonds is 7. The summed E-state index contributed by atoms with van der Waals surface area (Å²) in [5.74, 6) is 0.173. The Morgan fingerprint density at radius 2 is 1.83 bits per heavy atom. The Morgan fingerprint density at radius 3 is 2.48 bits per heavy atom. The van der Waals surface area contributed by atoms with Crippen molar-refractivity contribution in [1.29, 1.82) is 0 Å². The van der Waals surface area contributed by atoms with Crippen molar-refractivity contribution in [1.82, 2.24) is 9.88 Å². The second-order valence-electron chi connectivity index (χ2n) is 13.0. The summed E-state index contributed by atoms with van der Waals surface area (Å²) in [6, 6.07) is 10.6. The van der Waals surface area contributed by atoms with E-state index in [1.165, 1.54) is 7.11 Å². The molecule has 1 amide bonds. The van der Waals surface area contributed by atoms with Gasteiger partial charge in [-0.05, 0) is 98.1 Å². The molecule has 2 heterocycles. The number of nitrogens with zero attached hydrogens (tertiary/aromatic N) is 2. The fraction of sp³-hybridized carbons (Fsp3) is 0.417. The van der Waals surface area contributed by atoms with E-state index in [4.69, 9.17) is 14.2 Å². The highest BCUT2D eigenvalue weighted by Gasteiger charge is 2.42. The van der Waals surface area contributed by atoms with Crippen molar-refractivity contribution in [3.8, 4) is 17.0 Å². The number of ether oxygens (including phenoxy) is 3. The third kappa shape index (κ3) is 6.62.